The molecule has 2 N–H and O–H groups in total. The minimum Gasteiger partial charge on any atom is -0.312 e. The van der Waals surface area contributed by atoms with Crippen LogP contribution in [0.2, 0.25) is 0 Å². The SMILES string of the molecule is CCCc1ccc(C(N)C#N)s1. The van der Waals surface area contributed by atoms with Crippen LogP contribution in [0.3, 0.4) is 0 Å². The maximum Gasteiger partial charge on any atom is 0.128 e. The zero-order valence-corrected chi connectivity index (χ0v) is 7.90. The van der Waals surface area contributed by atoms with Crippen molar-refractivity contribution in [1.82, 2.24) is 0 Å². The number of nitrogens with zero attached hydrogens (tertiary/aromatic N) is 1. The van der Waals surface area contributed by atoms with Crippen LogP contribution in [0, 0.1) is 11.3 Å². The first kappa shape index (κ1) is 9.24. The highest BCUT2D eigenvalue weighted by molar-refractivity contribution is 7.12. The molecule has 0 fully saturated rings. The van der Waals surface area contributed by atoms with E-state index in [1.165, 1.54) is 4.88 Å². The topological polar surface area (TPSA) is 49.8 Å². The van der Waals surface area contributed by atoms with Gasteiger partial charge in [-0.3, -0.25) is 0 Å². The fourth-order valence-electron chi connectivity index (χ4n) is 1.01. The van der Waals surface area contributed by atoms with Crippen molar-refractivity contribution in [3.05, 3.63) is 21.9 Å². The number of nitriles is 1. The van der Waals surface area contributed by atoms with Gasteiger partial charge in [0.2, 0.25) is 0 Å². The van der Waals surface area contributed by atoms with Crippen molar-refractivity contribution in [1.29, 1.82) is 5.26 Å². The molecular formula is C9H12N2S. The van der Waals surface area contributed by atoms with Gasteiger partial charge in [-0.05, 0) is 18.6 Å². The Morgan fingerprint density at radius 2 is 2.42 bits per heavy atom. The molecule has 0 bridgehead atoms. The summed E-state index contributed by atoms with van der Waals surface area (Å²) in [6, 6.07) is 5.59. The number of rotatable bonds is 3. The van der Waals surface area contributed by atoms with E-state index in [-0.39, 0.29) is 0 Å². The summed E-state index contributed by atoms with van der Waals surface area (Å²) < 4.78 is 0. The van der Waals surface area contributed by atoms with E-state index in [4.69, 9.17) is 11.0 Å². The Morgan fingerprint density at radius 3 is 3.00 bits per heavy atom. The van der Waals surface area contributed by atoms with Gasteiger partial charge in [0.05, 0.1) is 6.07 Å². The molecule has 0 saturated heterocycles. The first-order chi connectivity index (χ1) is 5.77. The second-order valence-electron chi connectivity index (χ2n) is 2.66. The van der Waals surface area contributed by atoms with E-state index in [9.17, 15) is 0 Å². The molecule has 0 amide bonds. The van der Waals surface area contributed by atoms with Crippen LogP contribution in [0.4, 0.5) is 0 Å². The third-order valence-electron chi connectivity index (χ3n) is 1.62. The number of hydrogen-bond donors (Lipinski definition) is 1. The lowest BCUT2D eigenvalue weighted by Gasteiger charge is -1.95. The van der Waals surface area contributed by atoms with Crippen molar-refractivity contribution < 1.29 is 0 Å². The van der Waals surface area contributed by atoms with Crippen molar-refractivity contribution in [2.24, 2.45) is 5.73 Å². The van der Waals surface area contributed by atoms with E-state index < -0.39 is 6.04 Å². The zero-order chi connectivity index (χ0) is 8.97. The van der Waals surface area contributed by atoms with Gasteiger partial charge in [0.25, 0.3) is 0 Å². The molecule has 0 spiro atoms. The molecule has 1 unspecified atom stereocenters. The Morgan fingerprint density at radius 1 is 1.67 bits per heavy atom. The summed E-state index contributed by atoms with van der Waals surface area (Å²) >= 11 is 1.64. The summed E-state index contributed by atoms with van der Waals surface area (Å²) in [5.41, 5.74) is 5.55. The van der Waals surface area contributed by atoms with Crippen molar-refractivity contribution in [2.45, 2.75) is 25.8 Å². The van der Waals surface area contributed by atoms with Crippen LogP contribution in [0.5, 0.6) is 0 Å². The summed E-state index contributed by atoms with van der Waals surface area (Å²) in [4.78, 5) is 2.29. The molecule has 64 valence electrons. The van der Waals surface area contributed by atoms with Gasteiger partial charge in [-0.1, -0.05) is 13.3 Å². The van der Waals surface area contributed by atoms with Crippen LogP contribution in [-0.4, -0.2) is 0 Å². The van der Waals surface area contributed by atoms with Crippen LogP contribution in [0.1, 0.15) is 29.1 Å². The van der Waals surface area contributed by atoms with Gasteiger partial charge in [-0.15, -0.1) is 11.3 Å². The molecule has 0 saturated carbocycles. The Hall–Kier alpha value is -0.850. The molecule has 1 atom stereocenters. The summed E-state index contributed by atoms with van der Waals surface area (Å²) in [5.74, 6) is 0. The van der Waals surface area contributed by atoms with Crippen LogP contribution >= 0.6 is 11.3 Å². The lowest BCUT2D eigenvalue weighted by atomic mass is 10.2. The molecule has 3 heteroatoms. The molecule has 0 radical (unpaired) electrons. The van der Waals surface area contributed by atoms with Gasteiger partial charge in [-0.25, -0.2) is 0 Å². The molecule has 0 aliphatic rings. The molecule has 0 aliphatic carbocycles. The van der Waals surface area contributed by atoms with E-state index in [0.29, 0.717) is 0 Å². The molecule has 1 aromatic rings. The maximum atomic E-state index is 8.56. The summed E-state index contributed by atoms with van der Waals surface area (Å²) in [6.07, 6.45) is 2.23. The third kappa shape index (κ3) is 2.07. The van der Waals surface area contributed by atoms with Gasteiger partial charge in [-0.2, -0.15) is 5.26 Å². The second-order valence-corrected chi connectivity index (χ2v) is 3.86. The van der Waals surface area contributed by atoms with Gasteiger partial charge in [0.1, 0.15) is 6.04 Å². The lowest BCUT2D eigenvalue weighted by Crippen LogP contribution is -2.04. The number of hydrogen-bond acceptors (Lipinski definition) is 3. The minimum atomic E-state index is -0.444. The zero-order valence-electron chi connectivity index (χ0n) is 7.08. The van der Waals surface area contributed by atoms with E-state index in [0.717, 1.165) is 17.7 Å². The van der Waals surface area contributed by atoms with Gasteiger partial charge >= 0.3 is 0 Å². The monoisotopic (exact) mass is 180 g/mol. The highest BCUT2D eigenvalue weighted by atomic mass is 32.1. The van der Waals surface area contributed by atoms with Crippen molar-refractivity contribution >= 4 is 11.3 Å². The smallest absolute Gasteiger partial charge is 0.128 e. The van der Waals surface area contributed by atoms with E-state index in [2.05, 4.69) is 13.0 Å². The Bertz CT molecular complexity index is 285. The normalized spacial score (nSPS) is 12.4. The van der Waals surface area contributed by atoms with E-state index in [1.54, 1.807) is 11.3 Å². The predicted octanol–water partition coefficient (Wildman–Crippen LogP) is 2.22. The minimum absolute atomic E-state index is 0.444. The average molecular weight is 180 g/mol. The van der Waals surface area contributed by atoms with Crippen LogP contribution in [-0.2, 0) is 6.42 Å². The molecule has 12 heavy (non-hydrogen) atoms. The number of nitrogens with two attached hydrogens (primary N) is 1. The lowest BCUT2D eigenvalue weighted by molar-refractivity contribution is 0.940. The largest absolute Gasteiger partial charge is 0.312 e. The first-order valence-electron chi connectivity index (χ1n) is 4.01. The number of thiophene rings is 1. The van der Waals surface area contributed by atoms with Crippen LogP contribution in [0.15, 0.2) is 12.1 Å². The van der Waals surface area contributed by atoms with Gasteiger partial charge in [0, 0.05) is 9.75 Å². The van der Waals surface area contributed by atoms with Crippen molar-refractivity contribution in [2.75, 3.05) is 0 Å². The Kier molecular flexibility index (Phi) is 3.27. The van der Waals surface area contributed by atoms with E-state index in [1.807, 2.05) is 12.1 Å². The van der Waals surface area contributed by atoms with Crippen molar-refractivity contribution in [3.8, 4) is 6.07 Å². The number of aryl methyl sites for hydroxylation is 1. The fourth-order valence-corrected chi connectivity index (χ4v) is 2.07. The summed E-state index contributed by atoms with van der Waals surface area (Å²) in [7, 11) is 0. The molecule has 0 aromatic carbocycles. The fraction of sp³-hybridized carbons (Fsp3) is 0.444. The first-order valence-corrected chi connectivity index (χ1v) is 4.83. The van der Waals surface area contributed by atoms with Gasteiger partial charge in [0.15, 0.2) is 0 Å². The van der Waals surface area contributed by atoms with Crippen LogP contribution in [0.25, 0.3) is 0 Å². The predicted molar refractivity (Wildman–Crippen MR) is 50.9 cm³/mol. The average Bonchev–Trinajstić information content (AvgIpc) is 2.52. The molecule has 1 aromatic heterocycles. The molecule has 0 aliphatic heterocycles. The highest BCUT2D eigenvalue weighted by Crippen LogP contribution is 2.22. The summed E-state index contributed by atoms with van der Waals surface area (Å²) in [5, 5.41) is 8.56. The molecule has 1 rings (SSSR count). The maximum absolute atomic E-state index is 8.56. The molecular weight excluding hydrogens is 168 g/mol. The third-order valence-corrected chi connectivity index (χ3v) is 2.85. The highest BCUT2D eigenvalue weighted by Gasteiger charge is 2.06. The van der Waals surface area contributed by atoms with E-state index >= 15 is 0 Å². The Labute approximate surface area is 76.6 Å². The van der Waals surface area contributed by atoms with Crippen molar-refractivity contribution in [3.63, 3.8) is 0 Å². The van der Waals surface area contributed by atoms with Crippen LogP contribution < -0.4 is 5.73 Å². The van der Waals surface area contributed by atoms with Gasteiger partial charge < -0.3 is 5.73 Å². The summed E-state index contributed by atoms with van der Waals surface area (Å²) in [6.45, 7) is 2.14. The molecule has 2 nitrogen and oxygen atoms in total. The standard InChI is InChI=1S/C9H12N2S/c1-2-3-7-4-5-9(12-7)8(11)6-10/h4-5,8H,2-3,11H2,1H3. The second kappa shape index (κ2) is 4.24. The molecule has 1 heterocycles. The quantitative estimate of drug-likeness (QED) is 0.775. The Balaban J connectivity index is 2.71.